The van der Waals surface area contributed by atoms with E-state index in [0.29, 0.717) is 4.88 Å². The van der Waals surface area contributed by atoms with Crippen LogP contribution in [0.1, 0.15) is 29.9 Å². The lowest BCUT2D eigenvalue weighted by atomic mass is 10.2. The van der Waals surface area contributed by atoms with Gasteiger partial charge >= 0.3 is 5.97 Å². The molecule has 0 bridgehead atoms. The number of rotatable bonds is 5. The van der Waals surface area contributed by atoms with E-state index < -0.39 is 5.97 Å². The topological polar surface area (TPSA) is 57.6 Å². The van der Waals surface area contributed by atoms with Crippen molar-refractivity contribution in [3.05, 3.63) is 22.4 Å². The molecule has 1 aromatic rings. The van der Waals surface area contributed by atoms with Gasteiger partial charge in [0.2, 0.25) is 0 Å². The molecule has 1 amide bonds. The van der Waals surface area contributed by atoms with E-state index in [4.69, 9.17) is 5.11 Å². The number of carbonyl (C=O) groups excluding carboxylic acids is 1. The van der Waals surface area contributed by atoms with E-state index in [-0.39, 0.29) is 18.5 Å². The maximum atomic E-state index is 12.0. The minimum absolute atomic E-state index is 0.0642. The molecule has 1 heterocycles. The molecule has 0 aromatic carbocycles. The molecule has 0 aliphatic carbocycles. The smallest absolute Gasteiger partial charge is 0.323 e. The second kappa shape index (κ2) is 5.65. The summed E-state index contributed by atoms with van der Waals surface area (Å²) in [6, 6.07) is 3.43. The molecule has 1 N–H and O–H groups in total. The van der Waals surface area contributed by atoms with Gasteiger partial charge in [-0.15, -0.1) is 11.3 Å². The zero-order chi connectivity index (χ0) is 12.1. The van der Waals surface area contributed by atoms with E-state index in [1.54, 1.807) is 12.1 Å². The van der Waals surface area contributed by atoms with Crippen molar-refractivity contribution < 1.29 is 14.7 Å². The Morgan fingerprint density at radius 2 is 2.25 bits per heavy atom. The molecule has 1 atom stereocenters. The van der Waals surface area contributed by atoms with Gasteiger partial charge in [-0.2, -0.15) is 0 Å². The second-order valence-electron chi connectivity index (χ2n) is 3.56. The van der Waals surface area contributed by atoms with Crippen molar-refractivity contribution in [2.45, 2.75) is 26.3 Å². The summed E-state index contributed by atoms with van der Waals surface area (Å²) in [6.45, 7) is 3.54. The van der Waals surface area contributed by atoms with Gasteiger partial charge in [0.15, 0.2) is 0 Å². The van der Waals surface area contributed by atoms with E-state index in [0.717, 1.165) is 6.42 Å². The molecule has 0 spiro atoms. The van der Waals surface area contributed by atoms with E-state index in [2.05, 4.69) is 0 Å². The summed E-state index contributed by atoms with van der Waals surface area (Å²) >= 11 is 1.33. The van der Waals surface area contributed by atoms with E-state index >= 15 is 0 Å². The number of hydrogen-bond acceptors (Lipinski definition) is 3. The average molecular weight is 241 g/mol. The van der Waals surface area contributed by atoms with Gasteiger partial charge in [0, 0.05) is 6.04 Å². The van der Waals surface area contributed by atoms with Gasteiger partial charge in [-0.05, 0) is 24.8 Å². The van der Waals surface area contributed by atoms with Crippen LogP contribution in [0, 0.1) is 0 Å². The standard InChI is InChI=1S/C11H15NO3S/c1-3-8(2)12(7-10(13)14)11(15)9-5-4-6-16-9/h4-6,8H,3,7H2,1-2H3,(H,13,14). The summed E-state index contributed by atoms with van der Waals surface area (Å²) in [4.78, 5) is 24.7. The molecule has 88 valence electrons. The van der Waals surface area contributed by atoms with Crippen molar-refractivity contribution in [3.8, 4) is 0 Å². The Morgan fingerprint density at radius 3 is 2.69 bits per heavy atom. The Bertz CT molecular complexity index is 361. The first-order valence-electron chi connectivity index (χ1n) is 5.12. The monoisotopic (exact) mass is 241 g/mol. The highest BCUT2D eigenvalue weighted by atomic mass is 32.1. The molecule has 1 rings (SSSR count). The Morgan fingerprint density at radius 1 is 1.56 bits per heavy atom. The maximum absolute atomic E-state index is 12.0. The fourth-order valence-corrected chi connectivity index (χ4v) is 2.01. The average Bonchev–Trinajstić information content (AvgIpc) is 2.77. The lowest BCUT2D eigenvalue weighted by Gasteiger charge is -2.26. The van der Waals surface area contributed by atoms with Crippen molar-refractivity contribution >= 4 is 23.2 Å². The predicted octanol–water partition coefficient (Wildman–Crippen LogP) is 2.07. The van der Waals surface area contributed by atoms with Crippen LogP contribution >= 0.6 is 11.3 Å². The summed E-state index contributed by atoms with van der Waals surface area (Å²) in [7, 11) is 0. The molecule has 0 radical (unpaired) electrons. The van der Waals surface area contributed by atoms with Gasteiger partial charge in [-0.3, -0.25) is 9.59 Å². The van der Waals surface area contributed by atoms with Crippen LogP contribution < -0.4 is 0 Å². The van der Waals surface area contributed by atoms with E-state index in [9.17, 15) is 9.59 Å². The normalized spacial score (nSPS) is 12.1. The summed E-state index contributed by atoms with van der Waals surface area (Å²) in [5.74, 6) is -1.18. The predicted molar refractivity (Wildman–Crippen MR) is 62.7 cm³/mol. The molecule has 0 saturated carbocycles. The molecular weight excluding hydrogens is 226 g/mol. The fraction of sp³-hybridized carbons (Fsp3) is 0.455. The first-order valence-corrected chi connectivity index (χ1v) is 6.00. The molecule has 0 fully saturated rings. The van der Waals surface area contributed by atoms with Crippen LogP contribution in [-0.2, 0) is 4.79 Å². The zero-order valence-electron chi connectivity index (χ0n) is 9.34. The van der Waals surface area contributed by atoms with Crippen LogP contribution in [0.25, 0.3) is 0 Å². The number of hydrogen-bond donors (Lipinski definition) is 1. The summed E-state index contributed by atoms with van der Waals surface area (Å²) < 4.78 is 0. The van der Waals surface area contributed by atoms with Gasteiger partial charge in [0.25, 0.3) is 5.91 Å². The van der Waals surface area contributed by atoms with Crippen LogP contribution in [0.3, 0.4) is 0 Å². The molecule has 4 nitrogen and oxygen atoms in total. The molecule has 0 aliphatic rings. The maximum Gasteiger partial charge on any atom is 0.323 e. The highest BCUT2D eigenvalue weighted by molar-refractivity contribution is 7.12. The van der Waals surface area contributed by atoms with Crippen LogP contribution in [0.5, 0.6) is 0 Å². The minimum Gasteiger partial charge on any atom is -0.480 e. The third-order valence-corrected chi connectivity index (χ3v) is 3.28. The van der Waals surface area contributed by atoms with Gasteiger partial charge in [0.05, 0.1) is 4.88 Å². The fourth-order valence-electron chi connectivity index (χ4n) is 1.34. The number of nitrogens with zero attached hydrogens (tertiary/aromatic N) is 1. The number of thiophene rings is 1. The highest BCUT2D eigenvalue weighted by Crippen LogP contribution is 2.15. The SMILES string of the molecule is CCC(C)N(CC(=O)O)C(=O)c1cccs1. The molecule has 0 saturated heterocycles. The van der Waals surface area contributed by atoms with Crippen molar-refractivity contribution in [1.29, 1.82) is 0 Å². The second-order valence-corrected chi connectivity index (χ2v) is 4.51. The Kier molecular flexibility index (Phi) is 4.49. The Balaban J connectivity index is 2.84. The number of carboxylic acid groups (broad SMARTS) is 1. The molecule has 0 aliphatic heterocycles. The number of carboxylic acids is 1. The third-order valence-electron chi connectivity index (χ3n) is 2.42. The number of aliphatic carboxylic acids is 1. The largest absolute Gasteiger partial charge is 0.480 e. The molecular formula is C11H15NO3S. The molecule has 16 heavy (non-hydrogen) atoms. The quantitative estimate of drug-likeness (QED) is 0.858. The Labute approximate surface area is 98.5 Å². The lowest BCUT2D eigenvalue weighted by molar-refractivity contribution is -0.138. The van der Waals surface area contributed by atoms with E-state index in [1.165, 1.54) is 16.2 Å². The summed E-state index contributed by atoms with van der Waals surface area (Å²) in [5.41, 5.74) is 0. The molecule has 1 unspecified atom stereocenters. The molecule has 1 aromatic heterocycles. The number of carbonyl (C=O) groups is 2. The van der Waals surface area contributed by atoms with Crippen LogP contribution in [0.15, 0.2) is 17.5 Å². The van der Waals surface area contributed by atoms with Crippen LogP contribution in [-0.4, -0.2) is 34.5 Å². The van der Waals surface area contributed by atoms with Crippen LogP contribution in [0.2, 0.25) is 0 Å². The zero-order valence-corrected chi connectivity index (χ0v) is 10.2. The lowest BCUT2D eigenvalue weighted by Crippen LogP contribution is -2.41. The summed E-state index contributed by atoms with van der Waals surface area (Å²) in [5, 5.41) is 10.6. The van der Waals surface area contributed by atoms with Crippen molar-refractivity contribution in [2.75, 3.05) is 6.54 Å². The van der Waals surface area contributed by atoms with Gasteiger partial charge < -0.3 is 10.0 Å². The molecule has 5 heteroatoms. The van der Waals surface area contributed by atoms with Crippen molar-refractivity contribution in [2.24, 2.45) is 0 Å². The Hall–Kier alpha value is -1.36. The minimum atomic E-state index is -0.981. The third kappa shape index (κ3) is 3.06. The number of amides is 1. The highest BCUT2D eigenvalue weighted by Gasteiger charge is 2.23. The first kappa shape index (κ1) is 12.7. The van der Waals surface area contributed by atoms with E-state index in [1.807, 2.05) is 19.2 Å². The van der Waals surface area contributed by atoms with Crippen molar-refractivity contribution in [3.63, 3.8) is 0 Å². The van der Waals surface area contributed by atoms with Crippen LogP contribution in [0.4, 0.5) is 0 Å². The van der Waals surface area contributed by atoms with Crippen molar-refractivity contribution in [1.82, 2.24) is 4.90 Å². The first-order chi connectivity index (χ1) is 7.56. The van der Waals surface area contributed by atoms with Gasteiger partial charge in [-0.25, -0.2) is 0 Å². The summed E-state index contributed by atoms with van der Waals surface area (Å²) in [6.07, 6.45) is 0.740. The van der Waals surface area contributed by atoms with Gasteiger partial charge in [-0.1, -0.05) is 13.0 Å². The van der Waals surface area contributed by atoms with Gasteiger partial charge in [0.1, 0.15) is 6.54 Å².